The Morgan fingerprint density at radius 1 is 0.373 bits per heavy atom. The Morgan fingerprint density at radius 3 is 0.915 bits per heavy atom. The van der Waals surface area contributed by atoms with Crippen LogP contribution in [0, 0.1) is 0 Å². The highest BCUT2D eigenvalue weighted by atomic mass is 16.6. The van der Waals surface area contributed by atoms with E-state index in [1.807, 2.05) is 0 Å². The highest BCUT2D eigenvalue weighted by molar-refractivity contribution is 5.71. The van der Waals surface area contributed by atoms with Crippen LogP contribution in [-0.2, 0) is 76.0 Å². The lowest BCUT2D eigenvalue weighted by Crippen LogP contribution is -2.31. The van der Waals surface area contributed by atoms with Crippen molar-refractivity contribution in [1.29, 1.82) is 0 Å². The van der Waals surface area contributed by atoms with Crippen LogP contribution in [0.25, 0.3) is 0 Å². The molecule has 0 unspecified atom stereocenters. The normalized spacial score (nSPS) is 10.9. The molecular formula is C41H72N2O16. The molecule has 0 aromatic carbocycles. The minimum atomic E-state index is -0.355. The van der Waals surface area contributed by atoms with Gasteiger partial charge in [0.25, 0.3) is 0 Å². The fourth-order valence-electron chi connectivity index (χ4n) is 4.96. The molecule has 18 nitrogen and oxygen atoms in total. The SMILES string of the molecule is C=COCCOCCOC(=O)CCN(CCCCCCN(CCC(=O)OCCOCCOC=C)CCC(=O)OCCOCCOC=C)CCC(=O)OCCOCCOC. The first-order valence-corrected chi connectivity index (χ1v) is 20.4. The van der Waals surface area contributed by atoms with Gasteiger partial charge in [0.1, 0.15) is 46.2 Å². The highest BCUT2D eigenvalue weighted by Crippen LogP contribution is 2.08. The molecule has 0 rings (SSSR count). The molecular weight excluding hydrogens is 776 g/mol. The van der Waals surface area contributed by atoms with Crippen LogP contribution < -0.4 is 0 Å². The molecule has 0 spiro atoms. The average Bonchev–Trinajstić information content (AvgIpc) is 3.23. The molecule has 0 N–H and O–H groups in total. The zero-order chi connectivity index (χ0) is 43.3. The molecule has 0 aromatic rings. The third-order valence-corrected chi connectivity index (χ3v) is 8.01. The van der Waals surface area contributed by atoms with Gasteiger partial charge in [-0.25, -0.2) is 0 Å². The lowest BCUT2D eigenvalue weighted by molar-refractivity contribution is -0.147. The van der Waals surface area contributed by atoms with Gasteiger partial charge >= 0.3 is 23.9 Å². The fourth-order valence-corrected chi connectivity index (χ4v) is 4.96. The summed E-state index contributed by atoms with van der Waals surface area (Å²) in [5, 5.41) is 0. The molecule has 0 heterocycles. The first-order chi connectivity index (χ1) is 28.9. The highest BCUT2D eigenvalue weighted by Gasteiger charge is 2.15. The van der Waals surface area contributed by atoms with Crippen molar-refractivity contribution in [3.63, 3.8) is 0 Å². The smallest absolute Gasteiger partial charge is 0.307 e. The number of unbranched alkanes of at least 4 members (excludes halogenated alkanes) is 3. The van der Waals surface area contributed by atoms with Gasteiger partial charge in [-0.2, -0.15) is 0 Å². The Morgan fingerprint density at radius 2 is 0.644 bits per heavy atom. The lowest BCUT2D eigenvalue weighted by Gasteiger charge is -2.23. The molecule has 0 aliphatic heterocycles. The van der Waals surface area contributed by atoms with Gasteiger partial charge in [-0.15, -0.1) is 0 Å². The van der Waals surface area contributed by atoms with E-state index in [1.165, 1.54) is 18.8 Å². The first kappa shape index (κ1) is 55.2. The number of rotatable bonds is 46. The predicted octanol–water partition coefficient (Wildman–Crippen LogP) is 3.08. The van der Waals surface area contributed by atoms with Gasteiger partial charge in [-0.05, 0) is 25.9 Å². The largest absolute Gasteiger partial charge is 0.499 e. The molecule has 0 saturated heterocycles. The number of methoxy groups -OCH3 is 1. The minimum absolute atomic E-state index is 0.131. The van der Waals surface area contributed by atoms with Crippen molar-refractivity contribution in [2.24, 2.45) is 0 Å². The Bertz CT molecular complexity index is 1030. The second kappa shape index (κ2) is 43.8. The molecule has 0 atom stereocenters. The van der Waals surface area contributed by atoms with E-state index < -0.39 is 0 Å². The van der Waals surface area contributed by atoms with Crippen molar-refractivity contribution in [3.8, 4) is 0 Å². The monoisotopic (exact) mass is 848 g/mol. The van der Waals surface area contributed by atoms with Crippen LogP contribution in [0.3, 0.4) is 0 Å². The Balaban J connectivity index is 4.89. The summed E-state index contributed by atoms with van der Waals surface area (Å²) in [6.45, 7) is 18.1. The number of esters is 4. The second-order valence-electron chi connectivity index (χ2n) is 12.5. The minimum Gasteiger partial charge on any atom is -0.499 e. The van der Waals surface area contributed by atoms with Crippen molar-refractivity contribution in [2.75, 3.05) is 152 Å². The lowest BCUT2D eigenvalue weighted by atomic mass is 10.1. The van der Waals surface area contributed by atoms with Crippen LogP contribution in [0.4, 0.5) is 0 Å². The molecule has 0 aromatic heterocycles. The fraction of sp³-hybridized carbons (Fsp3) is 0.756. The van der Waals surface area contributed by atoms with Crippen molar-refractivity contribution in [1.82, 2.24) is 9.80 Å². The Hall–Kier alpha value is -3.78. The molecule has 0 amide bonds. The number of nitrogens with zero attached hydrogens (tertiary/aromatic N) is 2. The van der Waals surface area contributed by atoms with Crippen LogP contribution >= 0.6 is 0 Å². The molecule has 342 valence electrons. The molecule has 0 aliphatic carbocycles. The first-order valence-electron chi connectivity index (χ1n) is 20.4. The number of carbonyl (C=O) groups excluding carboxylic acids is 4. The maximum atomic E-state index is 12.4. The maximum Gasteiger partial charge on any atom is 0.307 e. The van der Waals surface area contributed by atoms with Crippen LogP contribution in [0.2, 0.25) is 0 Å². The molecule has 59 heavy (non-hydrogen) atoms. The molecule has 18 heteroatoms. The van der Waals surface area contributed by atoms with Crippen LogP contribution in [0.1, 0.15) is 51.4 Å². The average molecular weight is 849 g/mol. The number of carbonyl (C=O) groups is 4. The Labute approximate surface area is 351 Å². The van der Waals surface area contributed by atoms with Crippen molar-refractivity contribution < 1.29 is 76.0 Å². The van der Waals surface area contributed by atoms with E-state index in [0.717, 1.165) is 25.7 Å². The molecule has 0 fully saturated rings. The van der Waals surface area contributed by atoms with Crippen LogP contribution in [0.5, 0.6) is 0 Å². The summed E-state index contributed by atoms with van der Waals surface area (Å²) in [5.41, 5.74) is 0. The van der Waals surface area contributed by atoms with E-state index in [0.29, 0.717) is 92.1 Å². The summed E-state index contributed by atoms with van der Waals surface area (Å²) in [6.07, 6.45) is 8.11. The van der Waals surface area contributed by atoms with Gasteiger partial charge in [0.15, 0.2) is 0 Å². The summed E-state index contributed by atoms with van der Waals surface area (Å²) in [5.74, 6) is -1.40. The molecule has 0 bridgehead atoms. The van der Waals surface area contributed by atoms with Crippen molar-refractivity contribution >= 4 is 23.9 Å². The summed E-state index contributed by atoms with van der Waals surface area (Å²) in [6, 6.07) is 0. The third-order valence-electron chi connectivity index (χ3n) is 8.01. The maximum absolute atomic E-state index is 12.4. The van der Waals surface area contributed by atoms with Gasteiger partial charge in [0.2, 0.25) is 0 Å². The third kappa shape index (κ3) is 40.8. The zero-order valence-corrected chi connectivity index (χ0v) is 35.5. The van der Waals surface area contributed by atoms with Gasteiger partial charge in [-0.3, -0.25) is 19.2 Å². The van der Waals surface area contributed by atoms with Crippen molar-refractivity contribution in [3.05, 3.63) is 38.5 Å². The summed E-state index contributed by atoms with van der Waals surface area (Å²) >= 11 is 0. The van der Waals surface area contributed by atoms with E-state index in [9.17, 15) is 19.2 Å². The summed E-state index contributed by atoms with van der Waals surface area (Å²) < 4.78 is 62.5. The molecule has 0 aliphatic rings. The standard InChI is InChI=1S/C41H72N2O16/c1-5-49-24-27-53-31-35-57-39(45)13-19-42(18-12-38(44)56-34-30-52-23-22-48-4)16-10-8-9-11-17-43(20-14-40(46)58-36-32-54-28-25-50-6-2)21-15-41(47)59-37-33-55-29-26-51-7-3/h5-7H,1-3,8-37H2,4H3. The van der Waals surface area contributed by atoms with Crippen LogP contribution in [-0.4, -0.2) is 186 Å². The predicted molar refractivity (Wildman–Crippen MR) is 217 cm³/mol. The number of ether oxygens (including phenoxy) is 12. The Kier molecular flexibility index (Phi) is 41.0. The van der Waals surface area contributed by atoms with E-state index in [2.05, 4.69) is 29.5 Å². The second-order valence-corrected chi connectivity index (χ2v) is 12.5. The van der Waals surface area contributed by atoms with E-state index >= 15 is 0 Å². The van der Waals surface area contributed by atoms with Gasteiger partial charge in [-0.1, -0.05) is 32.6 Å². The number of hydrogen-bond acceptors (Lipinski definition) is 18. The topological polar surface area (TPSA) is 186 Å². The molecule has 0 saturated carbocycles. The van der Waals surface area contributed by atoms with Crippen LogP contribution in [0.15, 0.2) is 38.5 Å². The van der Waals surface area contributed by atoms with Gasteiger partial charge in [0, 0.05) is 33.3 Å². The van der Waals surface area contributed by atoms with E-state index in [-0.39, 0.29) is 102 Å². The zero-order valence-electron chi connectivity index (χ0n) is 35.5. The summed E-state index contributed by atoms with van der Waals surface area (Å²) in [7, 11) is 1.58. The quantitative estimate of drug-likeness (QED) is 0.0376. The summed E-state index contributed by atoms with van der Waals surface area (Å²) in [4.78, 5) is 53.8. The van der Waals surface area contributed by atoms with E-state index in [1.54, 1.807) is 7.11 Å². The number of hydrogen-bond donors (Lipinski definition) is 0. The molecule has 0 radical (unpaired) electrons. The van der Waals surface area contributed by atoms with Gasteiger partial charge < -0.3 is 66.6 Å². The van der Waals surface area contributed by atoms with E-state index in [4.69, 9.17) is 56.8 Å². The van der Waals surface area contributed by atoms with Crippen molar-refractivity contribution in [2.45, 2.75) is 51.4 Å². The van der Waals surface area contributed by atoms with Gasteiger partial charge in [0.05, 0.1) is 104 Å².